The van der Waals surface area contributed by atoms with Gasteiger partial charge in [-0.1, -0.05) is 19.3 Å². The first-order valence-electron chi connectivity index (χ1n) is 3.43. The Kier molecular flexibility index (Phi) is 3.79. The molecule has 1 radical (unpaired) electrons. The summed E-state index contributed by atoms with van der Waals surface area (Å²) in [5.41, 5.74) is -0.321. The van der Waals surface area contributed by atoms with Crippen molar-refractivity contribution in [2.45, 2.75) is 44.6 Å². The number of aliphatic hydroxyl groups is 1. The predicted octanol–water partition coefficient (Wildman–Crippen LogP) is 1.70. The van der Waals surface area contributed by atoms with Gasteiger partial charge in [0.05, 0.1) is 5.60 Å². The topological polar surface area (TPSA) is 20.2 Å². The fourth-order valence-electron chi connectivity index (χ4n) is 1.31. The molecule has 0 unspecified atom stereocenters. The maximum atomic E-state index is 9.37. The van der Waals surface area contributed by atoms with Crippen LogP contribution in [-0.2, 0) is 17.1 Å². The Morgan fingerprint density at radius 2 is 1.56 bits per heavy atom. The van der Waals surface area contributed by atoms with Gasteiger partial charge in [0.25, 0.3) is 0 Å². The van der Waals surface area contributed by atoms with E-state index in [9.17, 15) is 5.11 Å². The summed E-state index contributed by atoms with van der Waals surface area (Å²) < 4.78 is 0. The van der Waals surface area contributed by atoms with Crippen LogP contribution in [0.2, 0.25) is 0 Å². The van der Waals surface area contributed by atoms with Crippen LogP contribution in [0.4, 0.5) is 0 Å². The van der Waals surface area contributed by atoms with Gasteiger partial charge in [-0.15, -0.1) is 0 Å². The molecule has 0 saturated heterocycles. The average molecular weight is 178 g/mol. The van der Waals surface area contributed by atoms with Crippen LogP contribution in [-0.4, -0.2) is 10.7 Å². The standard InChI is InChI=1S/C7H14O.Cu/c1-7(8)5-3-2-4-6-7;/h8H,2-6H2,1H3;. The number of hydrogen-bond donors (Lipinski definition) is 1. The van der Waals surface area contributed by atoms with E-state index in [-0.39, 0.29) is 22.7 Å². The first kappa shape index (κ1) is 9.48. The molecule has 1 aliphatic carbocycles. The monoisotopic (exact) mass is 177 g/mol. The van der Waals surface area contributed by atoms with Crippen LogP contribution in [0, 0.1) is 0 Å². The van der Waals surface area contributed by atoms with Crippen LogP contribution >= 0.6 is 0 Å². The minimum absolute atomic E-state index is 0. The minimum atomic E-state index is -0.321. The van der Waals surface area contributed by atoms with Gasteiger partial charge in [0.15, 0.2) is 0 Å². The number of hydrogen-bond acceptors (Lipinski definition) is 1. The van der Waals surface area contributed by atoms with E-state index in [0.29, 0.717) is 0 Å². The molecule has 1 nitrogen and oxygen atoms in total. The fraction of sp³-hybridized carbons (Fsp3) is 1.00. The quantitative estimate of drug-likeness (QED) is 0.559. The molecule has 59 valence electrons. The second kappa shape index (κ2) is 3.60. The Balaban J connectivity index is 0.000000640. The van der Waals surface area contributed by atoms with Crippen LogP contribution in [0.15, 0.2) is 0 Å². The summed E-state index contributed by atoms with van der Waals surface area (Å²) in [7, 11) is 0. The normalized spacial score (nSPS) is 24.7. The van der Waals surface area contributed by atoms with Gasteiger partial charge < -0.3 is 5.11 Å². The first-order valence-corrected chi connectivity index (χ1v) is 3.43. The zero-order valence-electron chi connectivity index (χ0n) is 5.78. The van der Waals surface area contributed by atoms with E-state index >= 15 is 0 Å². The third-order valence-corrected chi connectivity index (χ3v) is 1.93. The van der Waals surface area contributed by atoms with Crippen molar-refractivity contribution >= 4 is 0 Å². The van der Waals surface area contributed by atoms with E-state index in [0.717, 1.165) is 12.8 Å². The van der Waals surface area contributed by atoms with Crippen molar-refractivity contribution in [1.82, 2.24) is 0 Å². The Hall–Kier alpha value is 0.479. The van der Waals surface area contributed by atoms with Crippen LogP contribution in [0.25, 0.3) is 0 Å². The SMILES string of the molecule is CC1(O)CCCCC1.[Cu]. The summed E-state index contributed by atoms with van der Waals surface area (Å²) in [5.74, 6) is 0. The Morgan fingerprint density at radius 1 is 1.11 bits per heavy atom. The van der Waals surface area contributed by atoms with Crippen molar-refractivity contribution in [3.8, 4) is 0 Å². The van der Waals surface area contributed by atoms with E-state index < -0.39 is 0 Å². The van der Waals surface area contributed by atoms with Crippen LogP contribution < -0.4 is 0 Å². The van der Waals surface area contributed by atoms with Crippen LogP contribution in [0.3, 0.4) is 0 Å². The second-order valence-electron chi connectivity index (χ2n) is 3.06. The van der Waals surface area contributed by atoms with Crippen LogP contribution in [0.5, 0.6) is 0 Å². The second-order valence-corrected chi connectivity index (χ2v) is 3.06. The Bertz CT molecular complexity index is 73.0. The fourth-order valence-corrected chi connectivity index (χ4v) is 1.31. The molecule has 0 aromatic rings. The van der Waals surface area contributed by atoms with Gasteiger partial charge in [-0.25, -0.2) is 0 Å². The van der Waals surface area contributed by atoms with E-state index in [4.69, 9.17) is 0 Å². The summed E-state index contributed by atoms with van der Waals surface area (Å²) in [4.78, 5) is 0. The molecule has 0 aromatic carbocycles. The molecule has 1 fully saturated rings. The smallest absolute Gasteiger partial charge is 0.0619 e. The van der Waals surface area contributed by atoms with Gasteiger partial charge in [-0.3, -0.25) is 0 Å². The summed E-state index contributed by atoms with van der Waals surface area (Å²) >= 11 is 0. The van der Waals surface area contributed by atoms with E-state index in [1.54, 1.807) is 0 Å². The Morgan fingerprint density at radius 3 is 1.78 bits per heavy atom. The maximum absolute atomic E-state index is 9.37. The zero-order valence-corrected chi connectivity index (χ0v) is 6.73. The maximum Gasteiger partial charge on any atom is 0.0619 e. The molecule has 1 aliphatic rings. The molecule has 1 saturated carbocycles. The largest absolute Gasteiger partial charge is 0.390 e. The third-order valence-electron chi connectivity index (χ3n) is 1.93. The van der Waals surface area contributed by atoms with Crippen molar-refractivity contribution in [2.75, 3.05) is 0 Å². The molecule has 0 amide bonds. The van der Waals surface area contributed by atoms with Crippen molar-refractivity contribution in [3.05, 3.63) is 0 Å². The molecule has 0 spiro atoms. The minimum Gasteiger partial charge on any atom is -0.390 e. The van der Waals surface area contributed by atoms with Crippen molar-refractivity contribution in [2.24, 2.45) is 0 Å². The van der Waals surface area contributed by atoms with Crippen LogP contribution in [0.1, 0.15) is 39.0 Å². The third kappa shape index (κ3) is 3.24. The molecule has 1 rings (SSSR count). The molecular formula is C7H14CuO. The molecule has 0 bridgehead atoms. The van der Waals surface area contributed by atoms with Crippen molar-refractivity contribution in [1.29, 1.82) is 0 Å². The molecular weight excluding hydrogens is 164 g/mol. The number of rotatable bonds is 0. The molecule has 1 N–H and O–H groups in total. The van der Waals surface area contributed by atoms with Crippen molar-refractivity contribution < 1.29 is 22.2 Å². The summed E-state index contributed by atoms with van der Waals surface area (Å²) in [6.07, 6.45) is 5.76. The van der Waals surface area contributed by atoms with Gasteiger partial charge in [-0.05, 0) is 19.8 Å². The van der Waals surface area contributed by atoms with Crippen molar-refractivity contribution in [3.63, 3.8) is 0 Å². The van der Waals surface area contributed by atoms with Gasteiger partial charge in [0.1, 0.15) is 0 Å². The Labute approximate surface area is 67.3 Å². The van der Waals surface area contributed by atoms with E-state index in [1.165, 1.54) is 19.3 Å². The molecule has 9 heavy (non-hydrogen) atoms. The van der Waals surface area contributed by atoms with Gasteiger partial charge >= 0.3 is 0 Å². The molecule has 0 aliphatic heterocycles. The first-order chi connectivity index (χ1) is 3.71. The molecule has 2 heteroatoms. The van der Waals surface area contributed by atoms with E-state index in [1.807, 2.05) is 6.92 Å². The summed E-state index contributed by atoms with van der Waals surface area (Å²) in [6, 6.07) is 0. The van der Waals surface area contributed by atoms with E-state index in [2.05, 4.69) is 0 Å². The average Bonchev–Trinajstić information content (AvgIpc) is 1.65. The summed E-state index contributed by atoms with van der Waals surface area (Å²) in [6.45, 7) is 1.94. The summed E-state index contributed by atoms with van der Waals surface area (Å²) in [5, 5.41) is 9.37. The molecule has 0 heterocycles. The van der Waals surface area contributed by atoms with Gasteiger partial charge in [0, 0.05) is 17.1 Å². The molecule has 0 atom stereocenters. The van der Waals surface area contributed by atoms with Gasteiger partial charge in [-0.2, -0.15) is 0 Å². The van der Waals surface area contributed by atoms with Gasteiger partial charge in [0.2, 0.25) is 0 Å². The zero-order chi connectivity index (χ0) is 6.04. The molecule has 0 aromatic heterocycles. The predicted molar refractivity (Wildman–Crippen MR) is 33.7 cm³/mol.